The highest BCUT2D eigenvalue weighted by molar-refractivity contribution is 7.10. The van der Waals surface area contributed by atoms with Gasteiger partial charge in [-0.2, -0.15) is 0 Å². The fraction of sp³-hybridized carbons (Fsp3) is 0.333. The van der Waals surface area contributed by atoms with Gasteiger partial charge in [0, 0.05) is 11.4 Å². The Morgan fingerprint density at radius 1 is 1.17 bits per heavy atom. The average Bonchev–Trinajstić information content (AvgIpc) is 2.77. The summed E-state index contributed by atoms with van der Waals surface area (Å²) >= 11 is 1.71. The maximum atomic E-state index is 6.09. The summed E-state index contributed by atoms with van der Waals surface area (Å²) in [7, 11) is 0. The number of benzene rings is 1. The molecule has 0 saturated heterocycles. The van der Waals surface area contributed by atoms with E-state index in [4.69, 9.17) is 10.5 Å². The van der Waals surface area contributed by atoms with Gasteiger partial charge in [-0.25, -0.2) is 0 Å². The van der Waals surface area contributed by atoms with Crippen LogP contribution in [0.4, 0.5) is 0 Å². The van der Waals surface area contributed by atoms with Crippen LogP contribution in [0.1, 0.15) is 27.7 Å². The minimum Gasteiger partial charge on any atom is -0.483 e. The zero-order valence-corrected chi connectivity index (χ0v) is 11.9. The van der Waals surface area contributed by atoms with E-state index < -0.39 is 0 Å². The van der Waals surface area contributed by atoms with Crippen molar-refractivity contribution in [3.8, 4) is 5.75 Å². The molecule has 0 aliphatic heterocycles. The van der Waals surface area contributed by atoms with Crippen molar-refractivity contribution >= 4 is 11.3 Å². The molecule has 0 saturated carbocycles. The fourth-order valence-electron chi connectivity index (χ4n) is 1.93. The molecular weight excluding hydrogens is 242 g/mol. The lowest BCUT2D eigenvalue weighted by molar-refractivity contribution is 0.216. The molecule has 2 nitrogen and oxygen atoms in total. The predicted octanol–water partition coefficient (Wildman–Crippen LogP) is 3.75. The second kappa shape index (κ2) is 5.55. The molecule has 0 bridgehead atoms. The lowest BCUT2D eigenvalue weighted by atomic mass is 10.1. The average molecular weight is 261 g/mol. The van der Waals surface area contributed by atoms with Crippen molar-refractivity contribution in [2.45, 2.75) is 26.9 Å². The first kappa shape index (κ1) is 13.1. The molecule has 0 aliphatic rings. The van der Waals surface area contributed by atoms with E-state index in [1.165, 1.54) is 21.6 Å². The van der Waals surface area contributed by atoms with Gasteiger partial charge in [0.2, 0.25) is 0 Å². The molecule has 0 spiro atoms. The lowest BCUT2D eigenvalue weighted by Crippen LogP contribution is -2.18. The molecule has 1 atom stereocenters. The first-order valence-corrected chi connectivity index (χ1v) is 6.98. The van der Waals surface area contributed by atoms with Crippen LogP contribution in [0, 0.1) is 20.8 Å². The Bertz CT molecular complexity index is 533. The maximum Gasteiger partial charge on any atom is 0.145 e. The third-order valence-corrected chi connectivity index (χ3v) is 4.34. The van der Waals surface area contributed by atoms with Crippen LogP contribution in [0.25, 0.3) is 0 Å². The smallest absolute Gasteiger partial charge is 0.145 e. The number of hydrogen-bond donors (Lipinski definition) is 1. The Labute approximate surface area is 112 Å². The van der Waals surface area contributed by atoms with Crippen molar-refractivity contribution in [1.29, 1.82) is 0 Å². The number of thiophene rings is 1. The molecule has 1 aromatic heterocycles. The summed E-state index contributed by atoms with van der Waals surface area (Å²) < 4.78 is 6.09. The van der Waals surface area contributed by atoms with E-state index in [-0.39, 0.29) is 6.10 Å². The van der Waals surface area contributed by atoms with E-state index in [1.54, 1.807) is 11.3 Å². The van der Waals surface area contributed by atoms with Crippen LogP contribution in [-0.2, 0) is 0 Å². The van der Waals surface area contributed by atoms with E-state index in [0.29, 0.717) is 6.54 Å². The SMILES string of the molecule is Cc1ccsc1C(CN)Oc1cccc(C)c1C. The van der Waals surface area contributed by atoms with Crippen molar-refractivity contribution < 1.29 is 4.74 Å². The molecular formula is C15H19NOS. The molecule has 0 amide bonds. The van der Waals surface area contributed by atoms with Gasteiger partial charge >= 0.3 is 0 Å². The summed E-state index contributed by atoms with van der Waals surface area (Å²) in [5, 5.41) is 2.08. The van der Waals surface area contributed by atoms with Gasteiger partial charge in [-0.15, -0.1) is 11.3 Å². The van der Waals surface area contributed by atoms with E-state index in [0.717, 1.165) is 5.75 Å². The Morgan fingerprint density at radius 3 is 2.56 bits per heavy atom. The van der Waals surface area contributed by atoms with Crippen LogP contribution in [0.3, 0.4) is 0 Å². The first-order chi connectivity index (χ1) is 8.63. The van der Waals surface area contributed by atoms with Gasteiger partial charge in [0.1, 0.15) is 11.9 Å². The molecule has 1 heterocycles. The number of rotatable bonds is 4. The third kappa shape index (κ3) is 2.57. The van der Waals surface area contributed by atoms with Crippen molar-refractivity contribution in [1.82, 2.24) is 0 Å². The van der Waals surface area contributed by atoms with Crippen LogP contribution < -0.4 is 10.5 Å². The zero-order valence-electron chi connectivity index (χ0n) is 11.1. The van der Waals surface area contributed by atoms with E-state index in [2.05, 4.69) is 38.3 Å². The summed E-state index contributed by atoms with van der Waals surface area (Å²) in [6, 6.07) is 8.23. The summed E-state index contributed by atoms with van der Waals surface area (Å²) in [5.41, 5.74) is 9.53. The van der Waals surface area contributed by atoms with Crippen molar-refractivity contribution in [3.05, 3.63) is 51.2 Å². The normalized spacial score (nSPS) is 12.4. The predicted molar refractivity (Wildman–Crippen MR) is 77.4 cm³/mol. The second-order valence-corrected chi connectivity index (χ2v) is 5.46. The minimum absolute atomic E-state index is 0.0505. The first-order valence-electron chi connectivity index (χ1n) is 6.10. The topological polar surface area (TPSA) is 35.2 Å². The highest BCUT2D eigenvalue weighted by atomic mass is 32.1. The molecule has 18 heavy (non-hydrogen) atoms. The van der Waals surface area contributed by atoms with E-state index >= 15 is 0 Å². The number of aryl methyl sites for hydroxylation is 2. The molecule has 2 rings (SSSR count). The molecule has 2 aromatic rings. The van der Waals surface area contributed by atoms with Crippen LogP contribution in [-0.4, -0.2) is 6.54 Å². The van der Waals surface area contributed by atoms with Crippen LogP contribution in [0.15, 0.2) is 29.6 Å². The highest BCUT2D eigenvalue weighted by Gasteiger charge is 2.16. The number of hydrogen-bond acceptors (Lipinski definition) is 3. The summed E-state index contributed by atoms with van der Waals surface area (Å²) in [6.45, 7) is 6.77. The fourth-order valence-corrected chi connectivity index (χ4v) is 2.90. The van der Waals surface area contributed by atoms with Crippen molar-refractivity contribution in [2.75, 3.05) is 6.54 Å². The molecule has 0 radical (unpaired) electrons. The van der Waals surface area contributed by atoms with E-state index in [1.807, 2.05) is 12.1 Å². The number of ether oxygens (including phenoxy) is 1. The minimum atomic E-state index is -0.0505. The summed E-state index contributed by atoms with van der Waals surface area (Å²) in [5.74, 6) is 0.929. The molecule has 0 aliphatic carbocycles. The summed E-state index contributed by atoms with van der Waals surface area (Å²) in [6.07, 6.45) is -0.0505. The van der Waals surface area contributed by atoms with Crippen LogP contribution in [0.5, 0.6) is 5.75 Å². The Hall–Kier alpha value is -1.32. The van der Waals surface area contributed by atoms with Crippen LogP contribution in [0.2, 0.25) is 0 Å². The molecule has 1 aromatic carbocycles. The highest BCUT2D eigenvalue weighted by Crippen LogP contribution is 2.30. The van der Waals surface area contributed by atoms with Gasteiger partial charge in [-0.05, 0) is 55.0 Å². The Morgan fingerprint density at radius 2 is 1.94 bits per heavy atom. The Kier molecular flexibility index (Phi) is 4.04. The molecule has 3 heteroatoms. The third-order valence-electron chi connectivity index (χ3n) is 3.23. The van der Waals surface area contributed by atoms with Crippen molar-refractivity contribution in [3.63, 3.8) is 0 Å². The van der Waals surface area contributed by atoms with Crippen molar-refractivity contribution in [2.24, 2.45) is 5.73 Å². The van der Waals surface area contributed by atoms with Crippen LogP contribution >= 0.6 is 11.3 Å². The van der Waals surface area contributed by atoms with Gasteiger partial charge in [0.05, 0.1) is 0 Å². The largest absolute Gasteiger partial charge is 0.483 e. The van der Waals surface area contributed by atoms with Gasteiger partial charge in [0.15, 0.2) is 0 Å². The van der Waals surface area contributed by atoms with Gasteiger partial charge < -0.3 is 10.5 Å². The molecule has 0 fully saturated rings. The molecule has 2 N–H and O–H groups in total. The Balaban J connectivity index is 2.26. The maximum absolute atomic E-state index is 6.09. The van der Waals surface area contributed by atoms with Gasteiger partial charge in [0.25, 0.3) is 0 Å². The quantitative estimate of drug-likeness (QED) is 0.909. The van der Waals surface area contributed by atoms with E-state index in [9.17, 15) is 0 Å². The number of nitrogens with two attached hydrogens (primary N) is 1. The monoisotopic (exact) mass is 261 g/mol. The molecule has 1 unspecified atom stereocenters. The lowest BCUT2D eigenvalue weighted by Gasteiger charge is -2.19. The second-order valence-electron chi connectivity index (χ2n) is 4.51. The van der Waals surface area contributed by atoms with Gasteiger partial charge in [-0.1, -0.05) is 12.1 Å². The molecule has 96 valence electrons. The standard InChI is InChI=1S/C15H19NOS/c1-10-5-4-6-13(12(10)3)17-14(9-16)15-11(2)7-8-18-15/h4-8,14H,9,16H2,1-3H3. The summed E-state index contributed by atoms with van der Waals surface area (Å²) in [4.78, 5) is 1.22. The zero-order chi connectivity index (χ0) is 13.1. The van der Waals surface area contributed by atoms with Gasteiger partial charge in [-0.3, -0.25) is 0 Å².